The summed E-state index contributed by atoms with van der Waals surface area (Å²) in [5, 5.41) is 8.24. The lowest BCUT2D eigenvalue weighted by molar-refractivity contribution is -0.124. The molecule has 6 nitrogen and oxygen atoms in total. The summed E-state index contributed by atoms with van der Waals surface area (Å²) < 4.78 is 0. The van der Waals surface area contributed by atoms with Gasteiger partial charge in [0.05, 0.1) is 5.52 Å². The minimum absolute atomic E-state index is 0.285. The topological polar surface area (TPSA) is 70.2 Å². The van der Waals surface area contributed by atoms with Crippen LogP contribution >= 0.6 is 0 Å². The van der Waals surface area contributed by atoms with E-state index in [1.54, 1.807) is 0 Å². The number of nitrogens with one attached hydrogen (secondary N) is 2. The molecule has 1 aliphatic rings. The number of nitrogens with zero attached hydrogens (tertiary/aromatic N) is 3. The van der Waals surface area contributed by atoms with Gasteiger partial charge in [0.15, 0.2) is 0 Å². The summed E-state index contributed by atoms with van der Waals surface area (Å²) >= 11 is 0. The molecular formula is C29H47N5O. The zero-order valence-electron chi connectivity index (χ0n) is 22.8. The lowest BCUT2D eigenvalue weighted by atomic mass is 9.79. The monoisotopic (exact) mass is 481 g/mol. The van der Waals surface area contributed by atoms with E-state index >= 15 is 0 Å². The number of aryl methyl sites for hydroxylation is 2. The normalized spacial score (nSPS) is 18.2. The van der Waals surface area contributed by atoms with Gasteiger partial charge < -0.3 is 15.5 Å². The third-order valence-electron chi connectivity index (χ3n) is 7.60. The van der Waals surface area contributed by atoms with Gasteiger partial charge in [-0.1, -0.05) is 33.3 Å². The Morgan fingerprint density at radius 1 is 1.00 bits per heavy atom. The zero-order valence-corrected chi connectivity index (χ0v) is 22.8. The molecule has 0 aliphatic heterocycles. The van der Waals surface area contributed by atoms with E-state index in [-0.39, 0.29) is 5.92 Å². The van der Waals surface area contributed by atoms with E-state index in [0.29, 0.717) is 17.6 Å². The highest BCUT2D eigenvalue weighted by Gasteiger charge is 2.25. The molecule has 2 aromatic rings. The first kappa shape index (κ1) is 27.4. The van der Waals surface area contributed by atoms with Crippen LogP contribution in [0.3, 0.4) is 0 Å². The van der Waals surface area contributed by atoms with Gasteiger partial charge in [0.1, 0.15) is 11.6 Å². The molecule has 194 valence electrons. The Morgan fingerprint density at radius 3 is 2.43 bits per heavy atom. The van der Waals surface area contributed by atoms with Crippen LogP contribution in [0.1, 0.15) is 83.3 Å². The number of benzene rings is 1. The van der Waals surface area contributed by atoms with E-state index in [1.165, 1.54) is 11.1 Å². The predicted molar refractivity (Wildman–Crippen MR) is 148 cm³/mol. The van der Waals surface area contributed by atoms with Crippen LogP contribution in [0.2, 0.25) is 0 Å². The van der Waals surface area contributed by atoms with Gasteiger partial charge in [-0.2, -0.15) is 4.98 Å². The molecule has 0 unspecified atom stereocenters. The fourth-order valence-corrected chi connectivity index (χ4v) is 5.33. The number of rotatable bonds is 14. The molecule has 1 aliphatic carbocycles. The zero-order chi connectivity index (χ0) is 25.2. The Balaban J connectivity index is 1.62. The number of fused-ring (bicyclic) bond motifs is 1. The fraction of sp³-hybridized carbons (Fsp3) is 0.690. The van der Waals surface area contributed by atoms with Crippen LogP contribution in [0.25, 0.3) is 10.9 Å². The third kappa shape index (κ3) is 7.89. The second-order valence-electron chi connectivity index (χ2n) is 10.3. The first-order valence-corrected chi connectivity index (χ1v) is 14.0. The van der Waals surface area contributed by atoms with Crippen molar-refractivity contribution in [3.63, 3.8) is 0 Å². The van der Waals surface area contributed by atoms with Crippen molar-refractivity contribution in [2.75, 3.05) is 43.4 Å². The van der Waals surface area contributed by atoms with Crippen molar-refractivity contribution in [3.05, 3.63) is 23.3 Å². The lowest BCUT2D eigenvalue weighted by Gasteiger charge is -2.28. The molecule has 0 spiro atoms. The van der Waals surface area contributed by atoms with Crippen molar-refractivity contribution in [3.8, 4) is 0 Å². The first-order valence-electron chi connectivity index (χ1n) is 14.0. The number of Topliss-reactive ketones (excluding diaryl/α,β-unsaturated/α-hetero) is 1. The minimum atomic E-state index is 0.285. The van der Waals surface area contributed by atoms with Gasteiger partial charge in [0.25, 0.3) is 0 Å². The van der Waals surface area contributed by atoms with Gasteiger partial charge in [0.2, 0.25) is 5.95 Å². The number of unbranched alkanes of at least 4 members (excludes halogenated alkanes) is 1. The third-order valence-corrected chi connectivity index (χ3v) is 7.60. The van der Waals surface area contributed by atoms with Crippen LogP contribution in [0.5, 0.6) is 0 Å². The predicted octanol–water partition coefficient (Wildman–Crippen LogP) is 6.37. The van der Waals surface area contributed by atoms with Crippen LogP contribution in [-0.4, -0.2) is 53.4 Å². The van der Waals surface area contributed by atoms with Gasteiger partial charge >= 0.3 is 0 Å². The quantitative estimate of drug-likeness (QED) is 0.306. The average Bonchev–Trinajstić information content (AvgIpc) is 2.86. The standard InChI is InChI=1S/C29H47N5O/c1-6-9-11-26(35)24-14-12-23(13-15-24)20-31-29-32-27-22(5)18-21(4)19-25(27)28(33-29)30-16-10-17-34(7-2)8-3/h18-19,23-24H,6-17,20H2,1-5H3,(H2,30,31,32,33). The second-order valence-corrected chi connectivity index (χ2v) is 10.3. The number of ketones is 1. The maximum Gasteiger partial charge on any atom is 0.225 e. The van der Waals surface area contributed by atoms with Crippen molar-refractivity contribution < 1.29 is 4.79 Å². The lowest BCUT2D eigenvalue weighted by Crippen LogP contribution is -2.26. The molecule has 2 N–H and O–H groups in total. The van der Waals surface area contributed by atoms with Gasteiger partial charge in [-0.15, -0.1) is 0 Å². The summed E-state index contributed by atoms with van der Waals surface area (Å²) in [5.41, 5.74) is 3.43. The van der Waals surface area contributed by atoms with E-state index in [1.807, 2.05) is 0 Å². The number of hydrogen-bond donors (Lipinski definition) is 2. The van der Waals surface area contributed by atoms with E-state index in [0.717, 1.165) is 101 Å². The number of carbonyl (C=O) groups excluding carboxylic acids is 1. The van der Waals surface area contributed by atoms with Gasteiger partial charge in [-0.3, -0.25) is 4.79 Å². The fourth-order valence-electron chi connectivity index (χ4n) is 5.33. The molecule has 1 aromatic heterocycles. The first-order chi connectivity index (χ1) is 16.9. The minimum Gasteiger partial charge on any atom is -0.369 e. The Hall–Kier alpha value is -2.21. The summed E-state index contributed by atoms with van der Waals surface area (Å²) in [4.78, 5) is 24.6. The molecule has 0 saturated heterocycles. The summed E-state index contributed by atoms with van der Waals surface area (Å²) in [6.07, 6.45) is 8.26. The Bertz CT molecular complexity index is 948. The smallest absolute Gasteiger partial charge is 0.225 e. The van der Waals surface area contributed by atoms with E-state index < -0.39 is 0 Å². The molecule has 0 amide bonds. The van der Waals surface area contributed by atoms with Crippen molar-refractivity contribution in [1.82, 2.24) is 14.9 Å². The molecule has 1 saturated carbocycles. The highest BCUT2D eigenvalue weighted by molar-refractivity contribution is 5.92. The van der Waals surface area contributed by atoms with Crippen LogP contribution in [0.15, 0.2) is 12.1 Å². The van der Waals surface area contributed by atoms with Crippen molar-refractivity contribution >= 4 is 28.5 Å². The van der Waals surface area contributed by atoms with Crippen LogP contribution in [0, 0.1) is 25.7 Å². The number of hydrogen-bond acceptors (Lipinski definition) is 6. The molecular weight excluding hydrogens is 434 g/mol. The van der Waals surface area contributed by atoms with Crippen molar-refractivity contribution in [2.45, 2.75) is 86.0 Å². The molecule has 1 fully saturated rings. The van der Waals surface area contributed by atoms with E-state index in [2.05, 4.69) is 62.3 Å². The number of aromatic nitrogens is 2. The summed E-state index contributed by atoms with van der Waals surface area (Å²) in [6.45, 7) is 15.9. The van der Waals surface area contributed by atoms with Crippen LogP contribution in [0.4, 0.5) is 11.8 Å². The molecule has 1 aromatic carbocycles. The van der Waals surface area contributed by atoms with Crippen molar-refractivity contribution in [1.29, 1.82) is 0 Å². The van der Waals surface area contributed by atoms with Crippen LogP contribution < -0.4 is 10.6 Å². The molecule has 35 heavy (non-hydrogen) atoms. The highest BCUT2D eigenvalue weighted by atomic mass is 16.1. The van der Waals surface area contributed by atoms with E-state index in [4.69, 9.17) is 9.97 Å². The number of carbonyl (C=O) groups is 1. The Labute approximate surface area is 212 Å². The average molecular weight is 482 g/mol. The Morgan fingerprint density at radius 2 is 1.74 bits per heavy atom. The van der Waals surface area contributed by atoms with Crippen LogP contribution in [-0.2, 0) is 4.79 Å². The van der Waals surface area contributed by atoms with Crippen molar-refractivity contribution in [2.24, 2.45) is 11.8 Å². The Kier molecular flexibility index (Phi) is 10.8. The maximum absolute atomic E-state index is 12.4. The maximum atomic E-state index is 12.4. The molecule has 0 radical (unpaired) electrons. The molecule has 3 rings (SSSR count). The summed E-state index contributed by atoms with van der Waals surface area (Å²) in [6, 6.07) is 4.38. The molecule has 0 bridgehead atoms. The highest BCUT2D eigenvalue weighted by Crippen LogP contribution is 2.31. The summed E-state index contributed by atoms with van der Waals surface area (Å²) in [5.74, 6) is 2.98. The van der Waals surface area contributed by atoms with E-state index in [9.17, 15) is 4.79 Å². The van der Waals surface area contributed by atoms with Gasteiger partial charge in [-0.05, 0) is 95.1 Å². The molecule has 6 heteroatoms. The second kappa shape index (κ2) is 13.8. The van der Waals surface area contributed by atoms with Gasteiger partial charge in [-0.25, -0.2) is 4.98 Å². The number of anilines is 2. The largest absolute Gasteiger partial charge is 0.369 e. The SMILES string of the molecule is CCCCC(=O)C1CCC(CNc2nc(NCCCN(CC)CC)c3cc(C)cc(C)c3n2)CC1. The van der Waals surface area contributed by atoms with Gasteiger partial charge in [0, 0.05) is 30.8 Å². The molecule has 1 heterocycles. The summed E-state index contributed by atoms with van der Waals surface area (Å²) in [7, 11) is 0. The molecule has 0 atom stereocenters.